The lowest BCUT2D eigenvalue weighted by Gasteiger charge is -2.09. The summed E-state index contributed by atoms with van der Waals surface area (Å²) in [7, 11) is 0. The molecule has 0 radical (unpaired) electrons. The largest absolute Gasteiger partial charge is 0.456 e. The summed E-state index contributed by atoms with van der Waals surface area (Å²) in [6, 6.07) is 11.3. The highest BCUT2D eigenvalue weighted by molar-refractivity contribution is 6.02. The number of nitrogens with one attached hydrogen (secondary N) is 1. The molecule has 1 aromatic carbocycles. The molecule has 2 aromatic heterocycles. The number of aryl methyl sites for hydroxylation is 2. The number of hydrogen-bond acceptors (Lipinski definition) is 4. The first-order chi connectivity index (χ1) is 12.7. The molecule has 1 N–H and O–H groups in total. The van der Waals surface area contributed by atoms with Crippen LogP contribution < -0.4 is 5.32 Å². The van der Waals surface area contributed by atoms with E-state index >= 15 is 0 Å². The molecule has 0 bridgehead atoms. The van der Waals surface area contributed by atoms with Gasteiger partial charge in [0.1, 0.15) is 11.6 Å². The van der Waals surface area contributed by atoms with Crippen LogP contribution in [0.1, 0.15) is 48.3 Å². The van der Waals surface area contributed by atoms with Crippen LogP contribution in [0.25, 0.3) is 11.4 Å². The van der Waals surface area contributed by atoms with E-state index in [9.17, 15) is 4.79 Å². The fourth-order valence-electron chi connectivity index (χ4n) is 3.32. The number of anilines is 1. The predicted octanol–water partition coefficient (Wildman–Crippen LogP) is 4.08. The number of carbonyl (C=O) groups excluding carboxylic acids is 1. The van der Waals surface area contributed by atoms with E-state index in [0.717, 1.165) is 55.2 Å². The second-order valence-electron chi connectivity index (χ2n) is 6.56. The number of carbonyl (C=O) groups is 1. The Balaban J connectivity index is 1.57. The van der Waals surface area contributed by atoms with Gasteiger partial charge >= 0.3 is 0 Å². The van der Waals surface area contributed by atoms with Crippen LogP contribution >= 0.6 is 0 Å². The van der Waals surface area contributed by atoms with Crippen molar-refractivity contribution in [3.05, 3.63) is 53.7 Å². The lowest BCUT2D eigenvalue weighted by atomic mass is 10.2. The van der Waals surface area contributed by atoms with Crippen molar-refractivity contribution in [2.24, 2.45) is 0 Å². The van der Waals surface area contributed by atoms with E-state index in [2.05, 4.69) is 20.1 Å². The normalized spacial score (nSPS) is 13.9. The first-order valence-electron chi connectivity index (χ1n) is 9.17. The van der Waals surface area contributed by atoms with Gasteiger partial charge in [-0.25, -0.2) is 0 Å². The molecular formula is C20H22N4O2. The van der Waals surface area contributed by atoms with Gasteiger partial charge < -0.3 is 14.3 Å². The van der Waals surface area contributed by atoms with Crippen LogP contribution in [0.5, 0.6) is 0 Å². The Morgan fingerprint density at radius 2 is 2.12 bits per heavy atom. The van der Waals surface area contributed by atoms with Gasteiger partial charge in [0.25, 0.3) is 5.91 Å². The average Bonchev–Trinajstić information content (AvgIpc) is 3.24. The van der Waals surface area contributed by atoms with Crippen molar-refractivity contribution >= 4 is 11.6 Å². The van der Waals surface area contributed by atoms with Crippen molar-refractivity contribution in [3.63, 3.8) is 0 Å². The van der Waals surface area contributed by atoms with Crippen LogP contribution in [-0.4, -0.2) is 20.7 Å². The minimum absolute atomic E-state index is 0.248. The maximum absolute atomic E-state index is 12.4. The maximum atomic E-state index is 12.4. The van der Waals surface area contributed by atoms with Crippen molar-refractivity contribution in [1.82, 2.24) is 14.8 Å². The molecule has 1 amide bonds. The smallest absolute Gasteiger partial charge is 0.291 e. The van der Waals surface area contributed by atoms with Gasteiger partial charge in [0.2, 0.25) is 0 Å². The van der Waals surface area contributed by atoms with E-state index in [4.69, 9.17) is 4.42 Å². The first-order valence-corrected chi connectivity index (χ1v) is 9.17. The van der Waals surface area contributed by atoms with Crippen molar-refractivity contribution in [2.45, 2.75) is 45.6 Å². The third-order valence-electron chi connectivity index (χ3n) is 4.72. The molecule has 0 saturated carbocycles. The number of rotatable bonds is 4. The number of benzene rings is 1. The fourth-order valence-corrected chi connectivity index (χ4v) is 3.32. The van der Waals surface area contributed by atoms with Crippen LogP contribution in [0.3, 0.4) is 0 Å². The maximum Gasteiger partial charge on any atom is 0.291 e. The van der Waals surface area contributed by atoms with Gasteiger partial charge in [-0.15, -0.1) is 10.2 Å². The predicted molar refractivity (Wildman–Crippen MR) is 99.1 cm³/mol. The number of fused-ring (bicyclic) bond motifs is 1. The van der Waals surface area contributed by atoms with E-state index in [-0.39, 0.29) is 5.91 Å². The first kappa shape index (κ1) is 16.6. The van der Waals surface area contributed by atoms with Gasteiger partial charge in [-0.2, -0.15) is 0 Å². The molecule has 0 fully saturated rings. The summed E-state index contributed by atoms with van der Waals surface area (Å²) in [6.45, 7) is 2.94. The quantitative estimate of drug-likeness (QED) is 0.769. The van der Waals surface area contributed by atoms with E-state index in [1.165, 1.54) is 6.42 Å². The molecule has 0 unspecified atom stereocenters. The Kier molecular flexibility index (Phi) is 4.56. The molecule has 6 nitrogen and oxygen atoms in total. The van der Waals surface area contributed by atoms with Crippen LogP contribution in [0.2, 0.25) is 0 Å². The summed E-state index contributed by atoms with van der Waals surface area (Å²) in [5.41, 5.74) is 1.67. The molecule has 1 aliphatic heterocycles. The highest BCUT2D eigenvalue weighted by atomic mass is 16.3. The van der Waals surface area contributed by atoms with Gasteiger partial charge in [-0.1, -0.05) is 25.5 Å². The molecule has 6 heteroatoms. The Morgan fingerprint density at radius 3 is 2.96 bits per heavy atom. The van der Waals surface area contributed by atoms with E-state index < -0.39 is 0 Å². The molecule has 134 valence electrons. The Hall–Kier alpha value is -2.89. The molecular weight excluding hydrogens is 328 g/mol. The molecule has 1 aliphatic rings. The average molecular weight is 350 g/mol. The molecule has 3 heterocycles. The summed E-state index contributed by atoms with van der Waals surface area (Å²) in [5, 5.41) is 11.6. The monoisotopic (exact) mass is 350 g/mol. The number of aromatic nitrogens is 3. The lowest BCUT2D eigenvalue weighted by molar-refractivity contribution is 0.0995. The molecule has 0 atom stereocenters. The molecule has 3 aromatic rings. The van der Waals surface area contributed by atoms with Gasteiger partial charge in [0.05, 0.1) is 0 Å². The third-order valence-corrected chi connectivity index (χ3v) is 4.72. The molecule has 26 heavy (non-hydrogen) atoms. The molecule has 4 rings (SSSR count). The molecule has 0 spiro atoms. The van der Waals surface area contributed by atoms with Crippen molar-refractivity contribution in [1.29, 1.82) is 0 Å². The topological polar surface area (TPSA) is 73.0 Å². The second-order valence-corrected chi connectivity index (χ2v) is 6.56. The number of furan rings is 1. The molecule has 0 aliphatic carbocycles. The Labute approximate surface area is 152 Å². The standard InChI is InChI=1S/C20H22N4O2/c1-2-16-10-11-17(26-16)20(25)21-15-8-6-7-14(13-15)19-23-22-18-9-4-3-5-12-24(18)19/h6-8,10-11,13H,2-5,9,12H2,1H3,(H,21,25). The highest BCUT2D eigenvalue weighted by Crippen LogP contribution is 2.25. The highest BCUT2D eigenvalue weighted by Gasteiger charge is 2.17. The SMILES string of the molecule is CCc1ccc(C(=O)Nc2cccc(-c3nnc4n3CCCCC4)c2)o1. The number of amides is 1. The molecule has 0 saturated heterocycles. The summed E-state index contributed by atoms with van der Waals surface area (Å²) in [4.78, 5) is 12.4. The third kappa shape index (κ3) is 3.27. The number of hydrogen-bond donors (Lipinski definition) is 1. The Bertz CT molecular complexity index is 926. The van der Waals surface area contributed by atoms with Gasteiger partial charge in [0, 0.05) is 30.6 Å². The van der Waals surface area contributed by atoms with Gasteiger partial charge in [-0.05, 0) is 37.1 Å². The van der Waals surface area contributed by atoms with Crippen LogP contribution in [0, 0.1) is 0 Å². The summed E-state index contributed by atoms with van der Waals surface area (Å²) < 4.78 is 7.72. The summed E-state index contributed by atoms with van der Waals surface area (Å²) in [6.07, 6.45) is 5.27. The Morgan fingerprint density at radius 1 is 1.19 bits per heavy atom. The fraction of sp³-hybridized carbons (Fsp3) is 0.350. The van der Waals surface area contributed by atoms with Crippen LogP contribution in [0.15, 0.2) is 40.8 Å². The van der Waals surface area contributed by atoms with Crippen LogP contribution in [0.4, 0.5) is 5.69 Å². The van der Waals surface area contributed by atoms with Crippen molar-refractivity contribution < 1.29 is 9.21 Å². The van der Waals surface area contributed by atoms with E-state index in [1.54, 1.807) is 6.07 Å². The summed E-state index contributed by atoms with van der Waals surface area (Å²) >= 11 is 0. The van der Waals surface area contributed by atoms with Gasteiger partial charge in [-0.3, -0.25) is 4.79 Å². The second kappa shape index (κ2) is 7.15. The zero-order chi connectivity index (χ0) is 17.9. The lowest BCUT2D eigenvalue weighted by Crippen LogP contribution is -2.11. The zero-order valence-corrected chi connectivity index (χ0v) is 14.9. The van der Waals surface area contributed by atoms with Gasteiger partial charge in [0.15, 0.2) is 11.6 Å². The number of nitrogens with zero attached hydrogens (tertiary/aromatic N) is 3. The van der Waals surface area contributed by atoms with E-state index in [0.29, 0.717) is 11.4 Å². The zero-order valence-electron chi connectivity index (χ0n) is 14.9. The minimum Gasteiger partial charge on any atom is -0.456 e. The van der Waals surface area contributed by atoms with Crippen LogP contribution in [-0.2, 0) is 19.4 Å². The summed E-state index contributed by atoms with van der Waals surface area (Å²) in [5.74, 6) is 2.79. The minimum atomic E-state index is -0.248. The van der Waals surface area contributed by atoms with Crippen molar-refractivity contribution in [3.8, 4) is 11.4 Å². The van der Waals surface area contributed by atoms with E-state index in [1.807, 2.05) is 37.3 Å². The van der Waals surface area contributed by atoms with Crippen molar-refractivity contribution in [2.75, 3.05) is 5.32 Å².